The van der Waals surface area contributed by atoms with Gasteiger partial charge in [-0.3, -0.25) is 9.59 Å². The van der Waals surface area contributed by atoms with Crippen LogP contribution in [-0.2, 0) is 15.0 Å². The third-order valence-electron chi connectivity index (χ3n) is 3.07. The number of nitrogens with zero attached hydrogens (tertiary/aromatic N) is 2. The molecular weight excluding hydrogens is 208 g/mol. The third kappa shape index (κ3) is 1.13. The van der Waals surface area contributed by atoms with E-state index in [9.17, 15) is 9.59 Å². The molecule has 0 aliphatic carbocycles. The molecular formula is C10H10N4O2. The molecule has 0 unspecified atom stereocenters. The number of anilines is 2. The molecule has 0 saturated carbocycles. The average molecular weight is 218 g/mol. The summed E-state index contributed by atoms with van der Waals surface area (Å²) in [5, 5.41) is 5.40. The summed E-state index contributed by atoms with van der Waals surface area (Å²) in [6.07, 6.45) is 1.94. The van der Waals surface area contributed by atoms with Crippen LogP contribution in [0.2, 0.25) is 0 Å². The zero-order valence-corrected chi connectivity index (χ0v) is 8.70. The Hall–Kier alpha value is -1.98. The van der Waals surface area contributed by atoms with Gasteiger partial charge in [-0.2, -0.15) is 0 Å². The minimum Gasteiger partial charge on any atom is -0.310 e. The summed E-state index contributed by atoms with van der Waals surface area (Å²) in [5.74, 6) is 0.830. The fourth-order valence-electron chi connectivity index (χ4n) is 2.45. The van der Waals surface area contributed by atoms with E-state index in [0.29, 0.717) is 24.5 Å². The van der Waals surface area contributed by atoms with Crippen molar-refractivity contribution in [2.24, 2.45) is 0 Å². The molecule has 0 radical (unpaired) electrons. The van der Waals surface area contributed by atoms with Crippen LogP contribution < -0.4 is 10.6 Å². The number of aromatic nitrogens is 2. The van der Waals surface area contributed by atoms with Crippen molar-refractivity contribution in [3.05, 3.63) is 11.9 Å². The van der Waals surface area contributed by atoms with Crippen molar-refractivity contribution < 1.29 is 9.59 Å². The molecule has 0 spiro atoms. The highest BCUT2D eigenvalue weighted by Crippen LogP contribution is 2.44. The molecule has 0 saturated heterocycles. The molecule has 1 aromatic heterocycles. The Labute approximate surface area is 91.5 Å². The van der Waals surface area contributed by atoms with Gasteiger partial charge in [-0.15, -0.1) is 0 Å². The second-order valence-electron chi connectivity index (χ2n) is 4.46. The van der Waals surface area contributed by atoms with Gasteiger partial charge in [0.15, 0.2) is 0 Å². The van der Waals surface area contributed by atoms with Crippen LogP contribution in [0.5, 0.6) is 0 Å². The van der Waals surface area contributed by atoms with Crippen molar-refractivity contribution in [1.29, 1.82) is 0 Å². The largest absolute Gasteiger partial charge is 0.310 e. The Kier molecular flexibility index (Phi) is 1.61. The molecule has 2 N–H and O–H groups in total. The van der Waals surface area contributed by atoms with Crippen molar-refractivity contribution >= 4 is 23.5 Å². The second kappa shape index (κ2) is 2.78. The molecule has 3 rings (SSSR count). The molecule has 2 amide bonds. The second-order valence-corrected chi connectivity index (χ2v) is 4.46. The van der Waals surface area contributed by atoms with Gasteiger partial charge in [0.05, 0.1) is 0 Å². The molecule has 16 heavy (non-hydrogen) atoms. The van der Waals surface area contributed by atoms with Crippen LogP contribution in [0.1, 0.15) is 25.3 Å². The van der Waals surface area contributed by atoms with Gasteiger partial charge in [0.1, 0.15) is 18.0 Å². The van der Waals surface area contributed by atoms with E-state index in [2.05, 4.69) is 20.6 Å². The van der Waals surface area contributed by atoms with E-state index in [1.807, 2.05) is 6.92 Å². The monoisotopic (exact) mass is 218 g/mol. The lowest BCUT2D eigenvalue weighted by atomic mass is 9.73. The molecule has 0 fully saturated rings. The molecule has 3 heterocycles. The number of amides is 2. The molecule has 2 aliphatic rings. The van der Waals surface area contributed by atoms with E-state index in [1.54, 1.807) is 0 Å². The lowest BCUT2D eigenvalue weighted by molar-refractivity contribution is -0.120. The Balaban J connectivity index is 2.27. The van der Waals surface area contributed by atoms with Gasteiger partial charge < -0.3 is 10.6 Å². The molecule has 82 valence electrons. The first-order valence-corrected chi connectivity index (χ1v) is 5.04. The maximum absolute atomic E-state index is 11.5. The number of hydrogen-bond donors (Lipinski definition) is 2. The molecule has 0 bridgehead atoms. The summed E-state index contributed by atoms with van der Waals surface area (Å²) in [4.78, 5) is 31.2. The average Bonchev–Trinajstić information content (AvgIpc) is 2.14. The highest BCUT2D eigenvalue weighted by molar-refractivity contribution is 6.02. The van der Waals surface area contributed by atoms with Crippen LogP contribution in [-0.4, -0.2) is 21.8 Å². The van der Waals surface area contributed by atoms with E-state index in [4.69, 9.17) is 0 Å². The topological polar surface area (TPSA) is 84.0 Å². The zero-order valence-electron chi connectivity index (χ0n) is 8.70. The molecule has 1 aromatic rings. The van der Waals surface area contributed by atoms with Crippen molar-refractivity contribution in [2.45, 2.75) is 25.2 Å². The first-order chi connectivity index (χ1) is 7.58. The Morgan fingerprint density at radius 3 is 2.12 bits per heavy atom. The smallest absolute Gasteiger partial charge is 0.226 e. The van der Waals surface area contributed by atoms with Gasteiger partial charge in [0.25, 0.3) is 0 Å². The van der Waals surface area contributed by atoms with Crippen LogP contribution in [0.15, 0.2) is 6.33 Å². The van der Waals surface area contributed by atoms with E-state index in [-0.39, 0.29) is 11.8 Å². The summed E-state index contributed by atoms with van der Waals surface area (Å²) in [7, 11) is 0. The normalized spacial score (nSPS) is 20.8. The first-order valence-electron chi connectivity index (χ1n) is 5.04. The lowest BCUT2D eigenvalue weighted by Gasteiger charge is -2.38. The predicted molar refractivity (Wildman–Crippen MR) is 55.9 cm³/mol. The van der Waals surface area contributed by atoms with Gasteiger partial charge >= 0.3 is 0 Å². The van der Waals surface area contributed by atoms with Crippen molar-refractivity contribution in [1.82, 2.24) is 9.97 Å². The van der Waals surface area contributed by atoms with Gasteiger partial charge in [-0.1, -0.05) is 6.92 Å². The molecule has 0 atom stereocenters. The van der Waals surface area contributed by atoms with E-state index in [1.165, 1.54) is 6.33 Å². The standard InChI is InChI=1S/C10H10N4O2/c1-10-2-5(15)13-8-7(10)9(12-4-11-8)14-6(16)3-10/h4H,2-3H2,1H3,(H2,11,12,13,14,15,16). The van der Waals surface area contributed by atoms with Crippen LogP contribution >= 0.6 is 0 Å². The van der Waals surface area contributed by atoms with Crippen molar-refractivity contribution in [2.75, 3.05) is 10.6 Å². The quantitative estimate of drug-likeness (QED) is 0.661. The number of hydrogen-bond acceptors (Lipinski definition) is 4. The van der Waals surface area contributed by atoms with Crippen LogP contribution in [0.3, 0.4) is 0 Å². The van der Waals surface area contributed by atoms with Crippen LogP contribution in [0.25, 0.3) is 0 Å². The molecule has 2 aliphatic heterocycles. The van der Waals surface area contributed by atoms with Gasteiger partial charge in [-0.25, -0.2) is 9.97 Å². The predicted octanol–water partition coefficient (Wildman–Crippen LogP) is 0.419. The lowest BCUT2D eigenvalue weighted by Crippen LogP contribution is -2.42. The first kappa shape index (κ1) is 9.26. The summed E-state index contributed by atoms with van der Waals surface area (Å²) in [5.41, 5.74) is 0.366. The number of carbonyl (C=O) groups is 2. The fourth-order valence-corrected chi connectivity index (χ4v) is 2.45. The van der Waals surface area contributed by atoms with Crippen LogP contribution in [0, 0.1) is 0 Å². The maximum atomic E-state index is 11.5. The Bertz CT molecular complexity index is 473. The van der Waals surface area contributed by atoms with Crippen molar-refractivity contribution in [3.8, 4) is 0 Å². The van der Waals surface area contributed by atoms with Gasteiger partial charge in [0.2, 0.25) is 11.8 Å². The molecule has 0 aromatic carbocycles. The fraction of sp³-hybridized carbons (Fsp3) is 0.400. The van der Waals surface area contributed by atoms with E-state index in [0.717, 1.165) is 5.56 Å². The number of nitrogens with one attached hydrogen (secondary N) is 2. The summed E-state index contributed by atoms with van der Waals surface area (Å²) in [6.45, 7) is 1.90. The third-order valence-corrected chi connectivity index (χ3v) is 3.07. The van der Waals surface area contributed by atoms with E-state index >= 15 is 0 Å². The van der Waals surface area contributed by atoms with Crippen molar-refractivity contribution in [3.63, 3.8) is 0 Å². The van der Waals surface area contributed by atoms with Gasteiger partial charge in [-0.05, 0) is 0 Å². The maximum Gasteiger partial charge on any atom is 0.226 e. The SMILES string of the molecule is CC12CC(=O)Nc3ncnc(c31)NC(=O)C2. The Morgan fingerprint density at radius 2 is 1.62 bits per heavy atom. The van der Waals surface area contributed by atoms with Gasteiger partial charge in [0, 0.05) is 23.8 Å². The highest BCUT2D eigenvalue weighted by atomic mass is 16.2. The summed E-state index contributed by atoms with van der Waals surface area (Å²) in [6, 6.07) is 0. The summed E-state index contributed by atoms with van der Waals surface area (Å²) < 4.78 is 0. The molecule has 6 nitrogen and oxygen atoms in total. The Morgan fingerprint density at radius 1 is 1.12 bits per heavy atom. The van der Waals surface area contributed by atoms with E-state index < -0.39 is 5.41 Å². The minimum atomic E-state index is -0.476. The molecule has 6 heteroatoms. The van der Waals surface area contributed by atoms with Crippen LogP contribution in [0.4, 0.5) is 11.6 Å². The zero-order chi connectivity index (χ0) is 11.3. The number of rotatable bonds is 0. The summed E-state index contributed by atoms with van der Waals surface area (Å²) >= 11 is 0. The highest BCUT2D eigenvalue weighted by Gasteiger charge is 2.44. The number of carbonyl (C=O) groups excluding carboxylic acids is 2. The minimum absolute atomic E-state index is 0.102.